The standard InChI is InChI=1S/C14H20O5/c1-9-12(7-18-10(2)16)14(4,8-15)6-5-13(9)19-11(3)17/h8,13H,5-7H2,1-4H3/t13-,14+/m1/s1. The number of ether oxygens (including phenoxy) is 2. The molecule has 0 spiro atoms. The lowest BCUT2D eigenvalue weighted by molar-refractivity contribution is -0.146. The van der Waals surface area contributed by atoms with Gasteiger partial charge in [-0.25, -0.2) is 0 Å². The maximum absolute atomic E-state index is 11.3. The van der Waals surface area contributed by atoms with Crippen LogP contribution in [0.1, 0.15) is 40.5 Å². The first-order valence-corrected chi connectivity index (χ1v) is 6.27. The maximum Gasteiger partial charge on any atom is 0.303 e. The molecule has 5 nitrogen and oxygen atoms in total. The van der Waals surface area contributed by atoms with Gasteiger partial charge in [0.05, 0.1) is 0 Å². The van der Waals surface area contributed by atoms with Crippen LogP contribution < -0.4 is 0 Å². The Morgan fingerprint density at radius 3 is 2.47 bits per heavy atom. The van der Waals surface area contributed by atoms with Gasteiger partial charge in [-0.05, 0) is 37.8 Å². The lowest BCUT2D eigenvalue weighted by Crippen LogP contribution is -2.35. The molecule has 0 fully saturated rings. The summed E-state index contributed by atoms with van der Waals surface area (Å²) in [6.07, 6.45) is 1.71. The highest BCUT2D eigenvalue weighted by Gasteiger charge is 2.38. The van der Waals surface area contributed by atoms with Gasteiger partial charge in [0, 0.05) is 19.3 Å². The van der Waals surface area contributed by atoms with E-state index in [-0.39, 0.29) is 18.7 Å². The van der Waals surface area contributed by atoms with E-state index in [0.717, 1.165) is 17.4 Å². The molecule has 5 heteroatoms. The normalized spacial score (nSPS) is 26.8. The fourth-order valence-corrected chi connectivity index (χ4v) is 2.37. The molecule has 0 aromatic carbocycles. The number of hydrogen-bond acceptors (Lipinski definition) is 5. The van der Waals surface area contributed by atoms with E-state index in [1.165, 1.54) is 13.8 Å². The van der Waals surface area contributed by atoms with Crippen molar-refractivity contribution < 1.29 is 23.9 Å². The van der Waals surface area contributed by atoms with Crippen molar-refractivity contribution in [3.05, 3.63) is 11.1 Å². The van der Waals surface area contributed by atoms with Gasteiger partial charge >= 0.3 is 11.9 Å². The van der Waals surface area contributed by atoms with E-state index in [9.17, 15) is 14.4 Å². The minimum Gasteiger partial charge on any atom is -0.461 e. The average molecular weight is 268 g/mol. The van der Waals surface area contributed by atoms with Gasteiger partial charge in [-0.3, -0.25) is 9.59 Å². The first kappa shape index (κ1) is 15.4. The summed E-state index contributed by atoms with van der Waals surface area (Å²) >= 11 is 0. The van der Waals surface area contributed by atoms with Crippen molar-refractivity contribution in [3.63, 3.8) is 0 Å². The molecule has 2 atom stereocenters. The predicted molar refractivity (Wildman–Crippen MR) is 68.3 cm³/mol. The number of rotatable bonds is 4. The first-order chi connectivity index (χ1) is 8.80. The van der Waals surface area contributed by atoms with Crippen molar-refractivity contribution in [3.8, 4) is 0 Å². The quantitative estimate of drug-likeness (QED) is 0.442. The third-order valence-electron chi connectivity index (χ3n) is 3.56. The zero-order valence-corrected chi connectivity index (χ0v) is 11.8. The highest BCUT2D eigenvalue weighted by molar-refractivity contribution is 5.69. The molecule has 0 saturated carbocycles. The molecule has 0 unspecified atom stereocenters. The summed E-state index contributed by atoms with van der Waals surface area (Å²) in [4.78, 5) is 33.3. The summed E-state index contributed by atoms with van der Waals surface area (Å²) in [6, 6.07) is 0. The number of hydrogen-bond donors (Lipinski definition) is 0. The minimum absolute atomic E-state index is 0.0637. The number of carbonyl (C=O) groups excluding carboxylic acids is 3. The van der Waals surface area contributed by atoms with E-state index in [0.29, 0.717) is 12.8 Å². The Labute approximate surface area is 112 Å². The van der Waals surface area contributed by atoms with Crippen molar-refractivity contribution in [2.45, 2.75) is 46.6 Å². The Hall–Kier alpha value is -1.65. The van der Waals surface area contributed by atoms with E-state index in [4.69, 9.17) is 9.47 Å². The van der Waals surface area contributed by atoms with Crippen molar-refractivity contribution in [2.24, 2.45) is 5.41 Å². The van der Waals surface area contributed by atoms with Gasteiger partial charge in [0.2, 0.25) is 0 Å². The molecule has 0 heterocycles. The van der Waals surface area contributed by atoms with Gasteiger partial charge in [-0.15, -0.1) is 0 Å². The smallest absolute Gasteiger partial charge is 0.303 e. The molecular formula is C14H20O5. The molecule has 19 heavy (non-hydrogen) atoms. The molecule has 0 N–H and O–H groups in total. The molecule has 0 aliphatic heterocycles. The Balaban J connectivity index is 3.04. The van der Waals surface area contributed by atoms with Gasteiger partial charge in [-0.2, -0.15) is 0 Å². The molecule has 1 rings (SSSR count). The molecule has 0 radical (unpaired) electrons. The third kappa shape index (κ3) is 3.66. The molecule has 1 aliphatic rings. The van der Waals surface area contributed by atoms with E-state index < -0.39 is 11.4 Å². The summed E-state index contributed by atoms with van der Waals surface area (Å²) < 4.78 is 10.2. The minimum atomic E-state index is -0.657. The largest absolute Gasteiger partial charge is 0.461 e. The van der Waals surface area contributed by atoms with Crippen molar-refractivity contribution in [1.29, 1.82) is 0 Å². The lowest BCUT2D eigenvalue weighted by Gasteiger charge is -2.36. The van der Waals surface area contributed by atoms with Crippen LogP contribution in [0.3, 0.4) is 0 Å². The van der Waals surface area contributed by atoms with Gasteiger partial charge in [0.1, 0.15) is 19.0 Å². The van der Waals surface area contributed by atoms with Crippen LogP contribution in [0.2, 0.25) is 0 Å². The van der Waals surface area contributed by atoms with Crippen LogP contribution in [0.15, 0.2) is 11.1 Å². The maximum atomic E-state index is 11.3. The Morgan fingerprint density at radius 1 is 1.37 bits per heavy atom. The van der Waals surface area contributed by atoms with Gasteiger partial charge < -0.3 is 14.3 Å². The SMILES string of the molecule is CC(=O)OCC1=C(C)[C@H](OC(C)=O)CC[C@@]1(C)C=O. The van der Waals surface area contributed by atoms with E-state index in [1.54, 1.807) is 0 Å². The van der Waals surface area contributed by atoms with E-state index >= 15 is 0 Å². The van der Waals surface area contributed by atoms with Crippen molar-refractivity contribution >= 4 is 18.2 Å². The molecule has 106 valence electrons. The van der Waals surface area contributed by atoms with Gasteiger partial charge in [0.25, 0.3) is 0 Å². The first-order valence-electron chi connectivity index (χ1n) is 6.27. The Kier molecular flexibility index (Phi) is 4.86. The Morgan fingerprint density at radius 2 is 2.00 bits per heavy atom. The molecule has 0 bridgehead atoms. The highest BCUT2D eigenvalue weighted by Crippen LogP contribution is 2.40. The van der Waals surface area contributed by atoms with Gasteiger partial charge in [-0.1, -0.05) is 0 Å². The van der Waals surface area contributed by atoms with E-state index in [2.05, 4.69) is 0 Å². The van der Waals surface area contributed by atoms with Crippen LogP contribution in [0.4, 0.5) is 0 Å². The molecule has 0 aromatic heterocycles. The summed E-state index contributed by atoms with van der Waals surface area (Å²) in [6.45, 7) is 6.36. The van der Waals surface area contributed by atoms with Crippen molar-refractivity contribution in [1.82, 2.24) is 0 Å². The van der Waals surface area contributed by atoms with Crippen LogP contribution in [-0.2, 0) is 23.9 Å². The van der Waals surface area contributed by atoms with Crippen molar-refractivity contribution in [2.75, 3.05) is 6.61 Å². The molecule has 0 saturated heterocycles. The van der Waals surface area contributed by atoms with Crippen LogP contribution in [-0.4, -0.2) is 30.9 Å². The second-order valence-corrected chi connectivity index (χ2v) is 5.11. The zero-order chi connectivity index (χ0) is 14.6. The molecular weight excluding hydrogens is 248 g/mol. The fraction of sp³-hybridized carbons (Fsp3) is 0.643. The van der Waals surface area contributed by atoms with Crippen LogP contribution in [0, 0.1) is 5.41 Å². The highest BCUT2D eigenvalue weighted by atomic mass is 16.5. The average Bonchev–Trinajstić information content (AvgIpc) is 2.32. The second kappa shape index (κ2) is 5.99. The number of carbonyl (C=O) groups is 3. The van der Waals surface area contributed by atoms with Crippen LogP contribution in [0.5, 0.6) is 0 Å². The van der Waals surface area contributed by atoms with Crippen LogP contribution in [0.25, 0.3) is 0 Å². The number of esters is 2. The van der Waals surface area contributed by atoms with Gasteiger partial charge in [0.15, 0.2) is 0 Å². The zero-order valence-electron chi connectivity index (χ0n) is 11.8. The topological polar surface area (TPSA) is 69.7 Å². The Bertz CT molecular complexity index is 424. The predicted octanol–water partition coefficient (Wildman–Crippen LogP) is 1.80. The molecule has 0 amide bonds. The third-order valence-corrected chi connectivity index (χ3v) is 3.56. The lowest BCUT2D eigenvalue weighted by atomic mass is 9.71. The summed E-state index contributed by atoms with van der Waals surface area (Å²) in [5.74, 6) is -0.756. The number of aldehydes is 1. The second-order valence-electron chi connectivity index (χ2n) is 5.11. The summed E-state index contributed by atoms with van der Waals surface area (Å²) in [7, 11) is 0. The summed E-state index contributed by atoms with van der Waals surface area (Å²) in [5.41, 5.74) is 0.878. The molecule has 0 aromatic rings. The monoisotopic (exact) mass is 268 g/mol. The molecule has 1 aliphatic carbocycles. The van der Waals surface area contributed by atoms with E-state index in [1.807, 2.05) is 13.8 Å². The summed E-state index contributed by atoms with van der Waals surface area (Å²) in [5, 5.41) is 0. The van der Waals surface area contributed by atoms with Crippen LogP contribution >= 0.6 is 0 Å². The fourth-order valence-electron chi connectivity index (χ4n) is 2.37.